The van der Waals surface area contributed by atoms with Crippen LogP contribution in [0.3, 0.4) is 0 Å². The molecule has 0 fully saturated rings. The van der Waals surface area contributed by atoms with Gasteiger partial charge < -0.3 is 15.7 Å². The van der Waals surface area contributed by atoms with Crippen LogP contribution in [0.2, 0.25) is 0 Å². The lowest BCUT2D eigenvalue weighted by molar-refractivity contribution is 0.142. The van der Waals surface area contributed by atoms with E-state index in [4.69, 9.17) is 0 Å². The zero-order valence-electron chi connectivity index (χ0n) is 10.9. The second-order valence-electron chi connectivity index (χ2n) is 4.85. The van der Waals surface area contributed by atoms with Crippen molar-refractivity contribution in [2.45, 2.75) is 25.1 Å². The highest BCUT2D eigenvalue weighted by atomic mass is 32.1. The average molecular weight is 288 g/mol. The quantitative estimate of drug-likeness (QED) is 0.811. The second-order valence-corrected chi connectivity index (χ2v) is 5.89. The van der Waals surface area contributed by atoms with Gasteiger partial charge in [0.25, 0.3) is 0 Å². The van der Waals surface area contributed by atoms with Gasteiger partial charge in [0.1, 0.15) is 0 Å². The van der Waals surface area contributed by atoms with Gasteiger partial charge >= 0.3 is 6.03 Å². The number of aliphatic hydroxyl groups excluding tert-OH is 1. The molecule has 104 valence electrons. The molecular weight excluding hydrogens is 272 g/mol. The highest BCUT2D eigenvalue weighted by Gasteiger charge is 2.31. The number of rotatable bonds is 3. The summed E-state index contributed by atoms with van der Waals surface area (Å²) in [6, 6.07) is 11.2. The number of hydrogen-bond donors (Lipinski definition) is 3. The molecule has 4 nitrogen and oxygen atoms in total. The van der Waals surface area contributed by atoms with Gasteiger partial charge in [-0.2, -0.15) is 0 Å². The molecule has 1 aromatic carbocycles. The molecule has 1 aliphatic rings. The van der Waals surface area contributed by atoms with Crippen LogP contribution in [0.1, 0.15) is 22.0 Å². The fourth-order valence-corrected chi connectivity index (χ4v) is 3.17. The molecule has 20 heavy (non-hydrogen) atoms. The van der Waals surface area contributed by atoms with Crippen molar-refractivity contribution in [2.75, 3.05) is 0 Å². The van der Waals surface area contributed by atoms with Crippen molar-refractivity contribution < 1.29 is 9.90 Å². The van der Waals surface area contributed by atoms with E-state index in [2.05, 4.69) is 10.6 Å². The summed E-state index contributed by atoms with van der Waals surface area (Å²) in [4.78, 5) is 13.0. The van der Waals surface area contributed by atoms with Gasteiger partial charge in [0.15, 0.2) is 0 Å². The van der Waals surface area contributed by atoms with E-state index < -0.39 is 6.10 Å². The highest BCUT2D eigenvalue weighted by molar-refractivity contribution is 7.09. The Bertz CT molecular complexity index is 598. The van der Waals surface area contributed by atoms with E-state index in [1.54, 1.807) is 11.3 Å². The van der Waals surface area contributed by atoms with Crippen LogP contribution in [0.5, 0.6) is 0 Å². The molecule has 1 aromatic heterocycles. The summed E-state index contributed by atoms with van der Waals surface area (Å²) >= 11 is 1.60. The van der Waals surface area contributed by atoms with Crippen molar-refractivity contribution in [3.63, 3.8) is 0 Å². The van der Waals surface area contributed by atoms with Crippen molar-refractivity contribution in [3.8, 4) is 0 Å². The summed E-state index contributed by atoms with van der Waals surface area (Å²) in [6.07, 6.45) is 0.0337. The summed E-state index contributed by atoms with van der Waals surface area (Å²) in [5.74, 6) is 0. The zero-order valence-corrected chi connectivity index (χ0v) is 11.7. The molecule has 2 atom stereocenters. The number of aliphatic hydroxyl groups is 1. The molecule has 0 bridgehead atoms. The number of carbonyl (C=O) groups excluding carboxylic acids is 1. The first-order chi connectivity index (χ1) is 9.74. The van der Waals surface area contributed by atoms with Gasteiger partial charge in [-0.15, -0.1) is 11.3 Å². The average Bonchev–Trinajstić information content (AvgIpc) is 3.06. The molecule has 0 saturated heterocycles. The summed E-state index contributed by atoms with van der Waals surface area (Å²) in [5, 5.41) is 17.7. The van der Waals surface area contributed by atoms with E-state index in [1.807, 2.05) is 41.8 Å². The van der Waals surface area contributed by atoms with Crippen LogP contribution < -0.4 is 10.6 Å². The van der Waals surface area contributed by atoms with Crippen LogP contribution in [-0.2, 0) is 13.0 Å². The Labute approximate surface area is 121 Å². The lowest BCUT2D eigenvalue weighted by atomic mass is 10.1. The first-order valence-corrected chi connectivity index (χ1v) is 7.44. The molecule has 1 aliphatic carbocycles. The van der Waals surface area contributed by atoms with Crippen LogP contribution >= 0.6 is 11.3 Å². The molecule has 0 radical (unpaired) electrons. The van der Waals surface area contributed by atoms with Gasteiger partial charge in [-0.05, 0) is 22.6 Å². The van der Waals surface area contributed by atoms with Gasteiger partial charge in [0, 0.05) is 11.3 Å². The minimum atomic E-state index is -0.556. The first kappa shape index (κ1) is 13.1. The van der Waals surface area contributed by atoms with E-state index in [0.717, 1.165) is 16.0 Å². The molecule has 2 aromatic rings. The smallest absolute Gasteiger partial charge is 0.315 e. The molecule has 2 amide bonds. The Balaban J connectivity index is 1.61. The van der Waals surface area contributed by atoms with E-state index in [0.29, 0.717) is 13.0 Å². The largest absolute Gasteiger partial charge is 0.390 e. The van der Waals surface area contributed by atoms with E-state index >= 15 is 0 Å². The number of hydrogen-bond acceptors (Lipinski definition) is 3. The van der Waals surface area contributed by atoms with Crippen molar-refractivity contribution in [3.05, 3.63) is 57.8 Å². The van der Waals surface area contributed by atoms with Crippen molar-refractivity contribution >= 4 is 17.4 Å². The van der Waals surface area contributed by atoms with Crippen LogP contribution in [0, 0.1) is 0 Å². The predicted molar refractivity (Wildman–Crippen MR) is 78.6 cm³/mol. The molecule has 0 spiro atoms. The molecule has 1 heterocycles. The zero-order chi connectivity index (χ0) is 13.9. The maximum Gasteiger partial charge on any atom is 0.315 e. The number of fused-ring (bicyclic) bond motifs is 1. The highest BCUT2D eigenvalue weighted by Crippen LogP contribution is 2.31. The van der Waals surface area contributed by atoms with Gasteiger partial charge in [-0.25, -0.2) is 4.79 Å². The van der Waals surface area contributed by atoms with Gasteiger partial charge in [-0.3, -0.25) is 0 Å². The molecule has 0 unspecified atom stereocenters. The molecule has 0 saturated carbocycles. The predicted octanol–water partition coefficient (Wildman–Crippen LogP) is 2.21. The minimum Gasteiger partial charge on any atom is -0.390 e. The topological polar surface area (TPSA) is 61.4 Å². The number of nitrogens with one attached hydrogen (secondary N) is 2. The monoisotopic (exact) mass is 288 g/mol. The Kier molecular flexibility index (Phi) is 3.71. The molecule has 3 N–H and O–H groups in total. The molecular formula is C15H16N2O2S. The number of amides is 2. The van der Waals surface area contributed by atoms with Crippen molar-refractivity contribution in [1.29, 1.82) is 0 Å². The van der Waals surface area contributed by atoms with E-state index in [1.165, 1.54) is 0 Å². The molecule has 5 heteroatoms. The minimum absolute atomic E-state index is 0.251. The normalized spacial score (nSPS) is 20.4. The molecule has 0 aliphatic heterocycles. The number of benzene rings is 1. The van der Waals surface area contributed by atoms with Crippen LogP contribution in [0.4, 0.5) is 4.79 Å². The number of thiophene rings is 1. The van der Waals surface area contributed by atoms with Crippen LogP contribution in [0.15, 0.2) is 41.8 Å². The van der Waals surface area contributed by atoms with Crippen LogP contribution in [-0.4, -0.2) is 17.2 Å². The van der Waals surface area contributed by atoms with Gasteiger partial charge in [-0.1, -0.05) is 30.3 Å². The fraction of sp³-hybridized carbons (Fsp3) is 0.267. The SMILES string of the molecule is O=C(NCc1cccs1)N[C@H]1c2ccccc2C[C@H]1O. The van der Waals surface area contributed by atoms with Crippen molar-refractivity contribution in [2.24, 2.45) is 0 Å². The van der Waals surface area contributed by atoms with Crippen LogP contribution in [0.25, 0.3) is 0 Å². The maximum atomic E-state index is 11.9. The lowest BCUT2D eigenvalue weighted by Crippen LogP contribution is -2.40. The number of carbonyl (C=O) groups is 1. The Morgan fingerprint density at radius 2 is 2.15 bits per heavy atom. The summed E-state index contributed by atoms with van der Waals surface area (Å²) in [5.41, 5.74) is 2.11. The van der Waals surface area contributed by atoms with Gasteiger partial charge in [0.05, 0.1) is 18.7 Å². The Hall–Kier alpha value is -1.85. The third-order valence-electron chi connectivity index (χ3n) is 3.49. The second kappa shape index (κ2) is 5.64. The third-order valence-corrected chi connectivity index (χ3v) is 4.37. The standard InChI is InChI=1S/C15H16N2O2S/c18-13-8-10-4-1-2-6-12(10)14(13)17-15(19)16-9-11-5-3-7-20-11/h1-7,13-14,18H,8-9H2,(H2,16,17,19)/t13-,14+/m1/s1. The summed E-state index contributed by atoms with van der Waals surface area (Å²) < 4.78 is 0. The van der Waals surface area contributed by atoms with Crippen molar-refractivity contribution in [1.82, 2.24) is 10.6 Å². The maximum absolute atomic E-state index is 11.9. The third kappa shape index (κ3) is 2.69. The molecule has 3 rings (SSSR count). The Morgan fingerprint density at radius 1 is 1.30 bits per heavy atom. The fourth-order valence-electron chi connectivity index (χ4n) is 2.52. The van der Waals surface area contributed by atoms with E-state index in [-0.39, 0.29) is 12.1 Å². The van der Waals surface area contributed by atoms with E-state index in [9.17, 15) is 9.90 Å². The number of urea groups is 1. The lowest BCUT2D eigenvalue weighted by Gasteiger charge is -2.18. The Morgan fingerprint density at radius 3 is 2.95 bits per heavy atom. The summed E-state index contributed by atoms with van der Waals surface area (Å²) in [7, 11) is 0. The van der Waals surface area contributed by atoms with Gasteiger partial charge in [0.2, 0.25) is 0 Å². The first-order valence-electron chi connectivity index (χ1n) is 6.56. The summed E-state index contributed by atoms with van der Waals surface area (Å²) in [6.45, 7) is 0.508.